The molecule has 1 aliphatic rings. The van der Waals surface area contributed by atoms with E-state index in [0.717, 1.165) is 0 Å². The number of pyridine rings is 1. The van der Waals surface area contributed by atoms with Crippen LogP contribution in [0.5, 0.6) is 0 Å². The van der Waals surface area contributed by atoms with Crippen LogP contribution in [0.25, 0.3) is 0 Å². The SMILES string of the molecule is CCOC(=O)CN1C(=O)OC(c2ccc(F)cc2)(c2ccc(F)cc2)C1c1cccnc1. The Labute approximate surface area is 183 Å². The van der Waals surface area contributed by atoms with Crippen LogP contribution in [-0.4, -0.2) is 35.1 Å². The number of hydrogen-bond acceptors (Lipinski definition) is 5. The van der Waals surface area contributed by atoms with Gasteiger partial charge in [-0.15, -0.1) is 0 Å². The second-order valence-electron chi connectivity index (χ2n) is 7.24. The molecule has 4 rings (SSSR count). The number of esters is 1. The van der Waals surface area contributed by atoms with Crippen molar-refractivity contribution in [2.75, 3.05) is 13.2 Å². The van der Waals surface area contributed by atoms with Gasteiger partial charge in [-0.25, -0.2) is 13.6 Å². The fraction of sp³-hybridized carbons (Fsp3) is 0.208. The van der Waals surface area contributed by atoms with E-state index in [1.54, 1.807) is 31.5 Å². The van der Waals surface area contributed by atoms with E-state index in [-0.39, 0.29) is 13.2 Å². The molecular weight excluding hydrogens is 418 g/mol. The van der Waals surface area contributed by atoms with Crippen LogP contribution in [0.1, 0.15) is 29.7 Å². The largest absolute Gasteiger partial charge is 0.465 e. The van der Waals surface area contributed by atoms with E-state index in [1.807, 2.05) is 0 Å². The van der Waals surface area contributed by atoms with Gasteiger partial charge in [-0.3, -0.25) is 14.7 Å². The first kappa shape index (κ1) is 21.4. The number of aromatic nitrogens is 1. The molecule has 0 radical (unpaired) electrons. The average molecular weight is 438 g/mol. The lowest BCUT2D eigenvalue weighted by Crippen LogP contribution is -2.40. The van der Waals surface area contributed by atoms with Crippen LogP contribution in [0, 0.1) is 11.6 Å². The fourth-order valence-electron chi connectivity index (χ4n) is 4.03. The highest BCUT2D eigenvalue weighted by Crippen LogP contribution is 2.52. The van der Waals surface area contributed by atoms with Crippen LogP contribution in [0.4, 0.5) is 13.6 Å². The zero-order chi connectivity index (χ0) is 22.7. The summed E-state index contributed by atoms with van der Waals surface area (Å²) in [4.78, 5) is 30.8. The molecule has 1 fully saturated rings. The molecule has 0 saturated carbocycles. The Morgan fingerprint density at radius 2 is 1.66 bits per heavy atom. The molecule has 0 spiro atoms. The molecule has 1 atom stereocenters. The molecule has 1 unspecified atom stereocenters. The molecule has 3 aromatic rings. The summed E-state index contributed by atoms with van der Waals surface area (Å²) in [7, 11) is 0. The molecule has 1 aromatic heterocycles. The Morgan fingerprint density at radius 1 is 1.06 bits per heavy atom. The third-order valence-electron chi connectivity index (χ3n) is 5.33. The average Bonchev–Trinajstić information content (AvgIpc) is 3.08. The van der Waals surface area contributed by atoms with Gasteiger partial charge in [0.2, 0.25) is 0 Å². The van der Waals surface area contributed by atoms with Crippen molar-refractivity contribution >= 4 is 12.1 Å². The number of halogens is 2. The van der Waals surface area contributed by atoms with Crippen LogP contribution in [0.3, 0.4) is 0 Å². The Hall–Kier alpha value is -3.81. The van der Waals surface area contributed by atoms with E-state index in [9.17, 15) is 18.4 Å². The van der Waals surface area contributed by atoms with Crippen molar-refractivity contribution in [3.63, 3.8) is 0 Å². The molecule has 8 heteroatoms. The summed E-state index contributed by atoms with van der Waals surface area (Å²) in [5.41, 5.74) is 0.00280. The zero-order valence-corrected chi connectivity index (χ0v) is 17.2. The lowest BCUT2D eigenvalue weighted by molar-refractivity contribution is -0.144. The van der Waals surface area contributed by atoms with E-state index in [1.165, 1.54) is 53.4 Å². The third kappa shape index (κ3) is 3.79. The second-order valence-corrected chi connectivity index (χ2v) is 7.24. The minimum atomic E-state index is -1.49. The van der Waals surface area contributed by atoms with Gasteiger partial charge in [-0.2, -0.15) is 0 Å². The van der Waals surface area contributed by atoms with E-state index in [0.29, 0.717) is 16.7 Å². The van der Waals surface area contributed by atoms with Crippen molar-refractivity contribution in [3.8, 4) is 0 Å². The molecule has 1 aliphatic heterocycles. The summed E-state index contributed by atoms with van der Waals surface area (Å²) in [6, 6.07) is 13.6. The first-order valence-corrected chi connectivity index (χ1v) is 10.0. The summed E-state index contributed by atoms with van der Waals surface area (Å²) >= 11 is 0. The minimum Gasteiger partial charge on any atom is -0.465 e. The van der Waals surface area contributed by atoms with Crippen LogP contribution in [-0.2, 0) is 19.9 Å². The van der Waals surface area contributed by atoms with Gasteiger partial charge < -0.3 is 9.47 Å². The highest BCUT2D eigenvalue weighted by molar-refractivity contribution is 5.81. The Balaban J connectivity index is 1.95. The molecule has 1 amide bonds. The molecule has 2 aromatic carbocycles. The number of benzene rings is 2. The van der Waals surface area contributed by atoms with Crippen LogP contribution in [0.15, 0.2) is 73.1 Å². The first-order chi connectivity index (χ1) is 15.5. The van der Waals surface area contributed by atoms with Gasteiger partial charge >= 0.3 is 12.1 Å². The summed E-state index contributed by atoms with van der Waals surface area (Å²) < 4.78 is 38.5. The maximum atomic E-state index is 13.7. The molecular formula is C24H20F2N2O4. The monoisotopic (exact) mass is 438 g/mol. The predicted molar refractivity (Wildman–Crippen MR) is 110 cm³/mol. The van der Waals surface area contributed by atoms with Gasteiger partial charge in [0.05, 0.1) is 6.61 Å². The molecule has 6 nitrogen and oxygen atoms in total. The van der Waals surface area contributed by atoms with Crippen LogP contribution >= 0.6 is 0 Å². The van der Waals surface area contributed by atoms with Gasteiger partial charge in [-0.05, 0) is 42.8 Å². The molecule has 0 bridgehead atoms. The second kappa shape index (κ2) is 8.74. The van der Waals surface area contributed by atoms with E-state index < -0.39 is 35.3 Å². The number of hydrogen-bond donors (Lipinski definition) is 0. The van der Waals surface area contributed by atoms with Gasteiger partial charge in [0.15, 0.2) is 5.60 Å². The van der Waals surface area contributed by atoms with Crippen molar-refractivity contribution in [1.29, 1.82) is 0 Å². The third-order valence-corrected chi connectivity index (χ3v) is 5.33. The van der Waals surface area contributed by atoms with Crippen molar-refractivity contribution in [3.05, 3.63) is 101 Å². The molecule has 0 aliphatic carbocycles. The summed E-state index contributed by atoms with van der Waals surface area (Å²) in [6.07, 6.45) is 2.38. The fourth-order valence-corrected chi connectivity index (χ4v) is 4.03. The number of carbonyl (C=O) groups excluding carboxylic acids is 2. The number of cyclic esters (lactones) is 1. The Bertz CT molecular complexity index is 1060. The lowest BCUT2D eigenvalue weighted by Gasteiger charge is -2.35. The number of amides is 1. The maximum absolute atomic E-state index is 13.7. The molecule has 2 heterocycles. The predicted octanol–water partition coefficient (Wildman–Crippen LogP) is 4.36. The molecule has 1 saturated heterocycles. The smallest absolute Gasteiger partial charge is 0.412 e. The standard InChI is InChI=1S/C24H20F2N2O4/c1-2-31-21(29)15-28-22(16-4-3-13-27-14-16)24(32-23(28)30,17-5-9-19(25)10-6-17)18-7-11-20(26)12-8-18/h3-14,22H,2,15H2,1H3. The van der Waals surface area contributed by atoms with Crippen molar-refractivity contribution in [2.45, 2.75) is 18.6 Å². The lowest BCUT2D eigenvalue weighted by atomic mass is 9.77. The van der Waals surface area contributed by atoms with Gasteiger partial charge in [0.25, 0.3) is 0 Å². The first-order valence-electron chi connectivity index (χ1n) is 10.0. The number of carbonyl (C=O) groups is 2. The van der Waals surface area contributed by atoms with E-state index in [2.05, 4.69) is 4.98 Å². The highest BCUT2D eigenvalue weighted by Gasteiger charge is 2.57. The molecule has 32 heavy (non-hydrogen) atoms. The minimum absolute atomic E-state index is 0.153. The summed E-state index contributed by atoms with van der Waals surface area (Å²) in [6.45, 7) is 1.46. The number of nitrogens with zero attached hydrogens (tertiary/aromatic N) is 2. The highest BCUT2D eigenvalue weighted by atomic mass is 19.1. The van der Waals surface area contributed by atoms with Gasteiger partial charge in [0.1, 0.15) is 24.2 Å². The van der Waals surface area contributed by atoms with E-state index in [4.69, 9.17) is 9.47 Å². The topological polar surface area (TPSA) is 68.7 Å². The van der Waals surface area contributed by atoms with Crippen molar-refractivity contribution in [2.24, 2.45) is 0 Å². The van der Waals surface area contributed by atoms with Crippen molar-refractivity contribution in [1.82, 2.24) is 9.88 Å². The Kier molecular flexibility index (Phi) is 5.85. The maximum Gasteiger partial charge on any atom is 0.412 e. The van der Waals surface area contributed by atoms with Gasteiger partial charge in [-0.1, -0.05) is 30.3 Å². The van der Waals surface area contributed by atoms with Crippen LogP contribution in [0.2, 0.25) is 0 Å². The molecule has 0 N–H and O–H groups in total. The van der Waals surface area contributed by atoms with Gasteiger partial charge in [0, 0.05) is 23.5 Å². The van der Waals surface area contributed by atoms with Crippen molar-refractivity contribution < 1.29 is 27.8 Å². The Morgan fingerprint density at radius 3 is 2.16 bits per heavy atom. The number of rotatable bonds is 6. The number of ether oxygens (including phenoxy) is 2. The zero-order valence-electron chi connectivity index (χ0n) is 17.2. The summed E-state index contributed by atoms with van der Waals surface area (Å²) in [5.74, 6) is -1.53. The molecule has 164 valence electrons. The van der Waals surface area contributed by atoms with E-state index >= 15 is 0 Å². The normalized spacial score (nSPS) is 17.2. The summed E-state index contributed by atoms with van der Waals surface area (Å²) in [5, 5.41) is 0. The van der Waals surface area contributed by atoms with Crippen LogP contribution < -0.4 is 0 Å². The quantitative estimate of drug-likeness (QED) is 0.535.